The third kappa shape index (κ3) is 10.4. The molecule has 0 aliphatic heterocycles. The van der Waals surface area contributed by atoms with Crippen molar-refractivity contribution in [3.8, 4) is 5.75 Å². The number of rotatable bonds is 14. The summed E-state index contributed by atoms with van der Waals surface area (Å²) in [7, 11) is 0. The van der Waals surface area contributed by atoms with E-state index < -0.39 is 35.9 Å². The number of phenols is 1. The molecule has 204 valence electrons. The van der Waals surface area contributed by atoms with Crippen LogP contribution in [0.3, 0.4) is 0 Å². The fourth-order valence-electron chi connectivity index (χ4n) is 3.59. The monoisotopic (exact) mass is 526 g/mol. The molecule has 0 aliphatic rings. The van der Waals surface area contributed by atoms with Gasteiger partial charge in [-0.05, 0) is 36.1 Å². The van der Waals surface area contributed by atoms with Crippen molar-refractivity contribution >= 4 is 29.7 Å². The third-order valence-corrected chi connectivity index (χ3v) is 5.45. The Morgan fingerprint density at radius 2 is 1.39 bits per heavy atom. The molecule has 0 spiro atoms. The number of aliphatic carboxylic acids is 1. The second kappa shape index (κ2) is 14.7. The Morgan fingerprint density at radius 1 is 0.789 bits per heavy atom. The van der Waals surface area contributed by atoms with Crippen LogP contribution in [0.2, 0.25) is 0 Å². The highest BCUT2D eigenvalue weighted by molar-refractivity contribution is 5.93. The van der Waals surface area contributed by atoms with Gasteiger partial charge in [0.1, 0.15) is 23.9 Å². The number of nitrogens with zero attached hydrogens (tertiary/aromatic N) is 2. The van der Waals surface area contributed by atoms with Gasteiger partial charge in [-0.2, -0.15) is 0 Å². The first-order chi connectivity index (χ1) is 18.0. The fourth-order valence-corrected chi connectivity index (χ4v) is 3.59. The molecule has 13 heteroatoms. The summed E-state index contributed by atoms with van der Waals surface area (Å²) in [6.07, 6.45) is 0.559. The van der Waals surface area contributed by atoms with E-state index in [0.717, 1.165) is 5.56 Å². The maximum absolute atomic E-state index is 13.2. The molecule has 13 nitrogen and oxygen atoms in total. The topological polar surface area (TPSA) is 245 Å². The molecule has 2 aromatic rings. The molecule has 12 N–H and O–H groups in total. The molecule has 0 aliphatic carbocycles. The Hall–Kier alpha value is -4.81. The lowest BCUT2D eigenvalue weighted by Gasteiger charge is -2.23. The van der Waals surface area contributed by atoms with Crippen LogP contribution in [0.1, 0.15) is 24.0 Å². The lowest BCUT2D eigenvalue weighted by molar-refractivity contribution is -0.142. The van der Waals surface area contributed by atoms with Gasteiger partial charge in [-0.15, -0.1) is 0 Å². The van der Waals surface area contributed by atoms with Crippen molar-refractivity contribution in [3.05, 3.63) is 65.7 Å². The number of hydrogen-bond acceptors (Lipinski definition) is 6. The summed E-state index contributed by atoms with van der Waals surface area (Å²) in [4.78, 5) is 46.1. The van der Waals surface area contributed by atoms with Crippen LogP contribution in [0.5, 0.6) is 5.75 Å². The predicted molar refractivity (Wildman–Crippen MR) is 143 cm³/mol. The molecule has 0 saturated heterocycles. The number of nitrogens with two attached hydrogens (primary N) is 4. The highest BCUT2D eigenvalue weighted by atomic mass is 16.4. The zero-order chi connectivity index (χ0) is 28.1. The minimum Gasteiger partial charge on any atom is -0.508 e. The van der Waals surface area contributed by atoms with Gasteiger partial charge in [0.15, 0.2) is 11.9 Å². The average molecular weight is 527 g/mol. The van der Waals surface area contributed by atoms with Gasteiger partial charge in [-0.25, -0.2) is 9.79 Å². The summed E-state index contributed by atoms with van der Waals surface area (Å²) in [5.41, 5.74) is 23.1. The van der Waals surface area contributed by atoms with Crippen molar-refractivity contribution in [2.45, 2.75) is 43.8 Å². The van der Waals surface area contributed by atoms with Gasteiger partial charge in [0.2, 0.25) is 11.8 Å². The van der Waals surface area contributed by atoms with Gasteiger partial charge in [0.25, 0.3) is 0 Å². The number of amides is 2. The SMILES string of the molecule is NC(N)=NCCC[C@@H](NC(=O)[C@H](Cc1ccc(O)cc1)N=C(N)N)C(=O)N[C@@H](Cc1ccccc1)C(=O)O. The zero-order valence-electron chi connectivity index (χ0n) is 20.8. The van der Waals surface area contributed by atoms with E-state index >= 15 is 0 Å². The molecule has 2 rings (SSSR count). The van der Waals surface area contributed by atoms with E-state index in [4.69, 9.17) is 22.9 Å². The number of benzene rings is 2. The van der Waals surface area contributed by atoms with Crippen LogP contribution >= 0.6 is 0 Å². The molecule has 2 amide bonds. The number of carboxylic acids is 1. The summed E-state index contributed by atoms with van der Waals surface area (Å²) >= 11 is 0. The molecular formula is C25H34N8O5. The molecule has 0 heterocycles. The summed E-state index contributed by atoms with van der Waals surface area (Å²) in [6, 6.07) is 11.5. The molecule has 0 aromatic heterocycles. The maximum Gasteiger partial charge on any atom is 0.326 e. The van der Waals surface area contributed by atoms with Crippen molar-refractivity contribution < 1.29 is 24.6 Å². The van der Waals surface area contributed by atoms with E-state index in [9.17, 15) is 24.6 Å². The minimum absolute atomic E-state index is 0.0497. The largest absolute Gasteiger partial charge is 0.508 e. The van der Waals surface area contributed by atoms with Gasteiger partial charge in [-0.3, -0.25) is 14.6 Å². The first kappa shape index (κ1) is 29.4. The van der Waals surface area contributed by atoms with Crippen molar-refractivity contribution in [2.24, 2.45) is 32.9 Å². The zero-order valence-corrected chi connectivity index (χ0v) is 20.8. The van der Waals surface area contributed by atoms with Gasteiger partial charge >= 0.3 is 5.97 Å². The van der Waals surface area contributed by atoms with Gasteiger partial charge in [0.05, 0.1) is 0 Å². The predicted octanol–water partition coefficient (Wildman–Crippen LogP) is -1.07. The van der Waals surface area contributed by atoms with E-state index in [1.165, 1.54) is 12.1 Å². The summed E-state index contributed by atoms with van der Waals surface area (Å²) < 4.78 is 0. The van der Waals surface area contributed by atoms with Crippen LogP contribution in [0, 0.1) is 0 Å². The number of hydrogen-bond donors (Lipinski definition) is 8. The molecule has 0 saturated carbocycles. The van der Waals surface area contributed by atoms with Crippen molar-refractivity contribution in [1.82, 2.24) is 10.6 Å². The number of carbonyl (C=O) groups is 3. The lowest BCUT2D eigenvalue weighted by atomic mass is 10.0. The van der Waals surface area contributed by atoms with Crippen molar-refractivity contribution in [3.63, 3.8) is 0 Å². The first-order valence-electron chi connectivity index (χ1n) is 11.8. The highest BCUT2D eigenvalue weighted by Gasteiger charge is 2.29. The number of aliphatic imine (C=N–C) groups is 2. The van der Waals surface area contributed by atoms with Crippen LogP contribution in [0.4, 0.5) is 0 Å². The Balaban J connectivity index is 2.21. The Kier molecular flexibility index (Phi) is 11.4. The quantitative estimate of drug-likeness (QED) is 0.0846. The van der Waals surface area contributed by atoms with Gasteiger partial charge in [0, 0.05) is 19.4 Å². The van der Waals surface area contributed by atoms with E-state index in [1.807, 2.05) is 0 Å². The van der Waals surface area contributed by atoms with Crippen LogP contribution in [0.25, 0.3) is 0 Å². The van der Waals surface area contributed by atoms with Gasteiger partial charge in [-0.1, -0.05) is 42.5 Å². The number of carboxylic acid groups (broad SMARTS) is 1. The first-order valence-corrected chi connectivity index (χ1v) is 11.8. The number of carbonyl (C=O) groups excluding carboxylic acids is 2. The van der Waals surface area contributed by atoms with Gasteiger partial charge < -0.3 is 43.8 Å². The van der Waals surface area contributed by atoms with E-state index in [2.05, 4.69) is 20.6 Å². The highest BCUT2D eigenvalue weighted by Crippen LogP contribution is 2.13. The molecule has 3 atom stereocenters. The van der Waals surface area contributed by atoms with Crippen LogP contribution in [-0.2, 0) is 27.2 Å². The second-order valence-corrected chi connectivity index (χ2v) is 8.54. The smallest absolute Gasteiger partial charge is 0.326 e. The van der Waals surface area contributed by atoms with Crippen LogP contribution < -0.4 is 33.6 Å². The Bertz CT molecular complexity index is 1130. The molecule has 38 heavy (non-hydrogen) atoms. The van der Waals surface area contributed by atoms with E-state index in [0.29, 0.717) is 12.0 Å². The summed E-state index contributed by atoms with van der Waals surface area (Å²) in [5.74, 6) is -2.96. The second-order valence-electron chi connectivity index (χ2n) is 8.54. The van der Waals surface area contributed by atoms with Crippen molar-refractivity contribution in [2.75, 3.05) is 6.54 Å². The normalized spacial score (nSPS) is 12.8. The Labute approximate surface area is 220 Å². The number of phenolic OH excluding ortho intramolecular Hbond substituents is 1. The maximum atomic E-state index is 13.2. The van der Waals surface area contributed by atoms with Crippen LogP contribution in [0.15, 0.2) is 64.6 Å². The Morgan fingerprint density at radius 3 is 1.97 bits per heavy atom. The summed E-state index contributed by atoms with van der Waals surface area (Å²) in [6.45, 7) is 0.194. The third-order valence-electron chi connectivity index (χ3n) is 5.45. The molecular weight excluding hydrogens is 492 g/mol. The molecule has 2 aromatic carbocycles. The molecule has 0 unspecified atom stereocenters. The van der Waals surface area contributed by atoms with Crippen LogP contribution in [-0.4, -0.2) is 64.6 Å². The van der Waals surface area contributed by atoms with E-state index in [-0.39, 0.29) is 43.5 Å². The average Bonchev–Trinajstić information content (AvgIpc) is 2.86. The van der Waals surface area contributed by atoms with E-state index in [1.54, 1.807) is 42.5 Å². The minimum atomic E-state index is -1.23. The number of guanidine groups is 2. The standard InChI is InChI=1S/C25H34N8O5/c26-24(27)30-12-4-7-18(21(35)32-20(23(37)38)14-15-5-2-1-3-6-15)31-22(36)19(33-25(28)29)13-16-8-10-17(34)11-9-16/h1-3,5-6,8-11,18-20,34H,4,7,12-14H2,(H,31,36)(H,32,35)(H,37,38)(H4,26,27,30)(H4,28,29,33)/t18-,19+,20+/m1/s1. The molecule has 0 bridgehead atoms. The lowest BCUT2D eigenvalue weighted by Crippen LogP contribution is -2.54. The summed E-state index contributed by atoms with van der Waals surface area (Å²) in [5, 5.41) is 24.3. The molecule has 0 fully saturated rings. The molecule has 0 radical (unpaired) electrons. The number of aromatic hydroxyl groups is 1. The fraction of sp³-hybridized carbons (Fsp3) is 0.320. The van der Waals surface area contributed by atoms with Crippen molar-refractivity contribution in [1.29, 1.82) is 0 Å². The number of nitrogens with one attached hydrogen (secondary N) is 2.